The van der Waals surface area contributed by atoms with Gasteiger partial charge in [-0.1, -0.05) is 37.3 Å². The molecule has 0 N–H and O–H groups in total. The lowest BCUT2D eigenvalue weighted by Gasteiger charge is -2.36. The number of aromatic nitrogens is 1. The predicted octanol–water partition coefficient (Wildman–Crippen LogP) is 4.73. The Morgan fingerprint density at radius 2 is 1.77 bits per heavy atom. The summed E-state index contributed by atoms with van der Waals surface area (Å²) in [4.78, 5) is 26.3. The van der Waals surface area contributed by atoms with Crippen LogP contribution in [-0.4, -0.2) is 30.7 Å². The first-order valence-corrected chi connectivity index (χ1v) is 10.2. The van der Waals surface area contributed by atoms with Crippen LogP contribution in [0, 0.1) is 18.8 Å². The Kier molecular flexibility index (Phi) is 4.92. The second-order valence-corrected chi connectivity index (χ2v) is 8.31. The number of hydrogen-bond donors (Lipinski definition) is 0. The largest absolute Gasteiger partial charge is 0.497 e. The van der Waals surface area contributed by atoms with E-state index in [1.807, 2.05) is 36.4 Å². The summed E-state index contributed by atoms with van der Waals surface area (Å²) in [6, 6.07) is 15.9. The number of rotatable bonds is 3. The van der Waals surface area contributed by atoms with Gasteiger partial charge in [0.25, 0.3) is 0 Å². The molecule has 5 heteroatoms. The Hall–Kier alpha value is -3.08. The molecule has 4 rings (SSSR count). The number of carbonyl (C=O) groups excluding carboxylic acids is 2. The van der Waals surface area contributed by atoms with Gasteiger partial charge in [0.05, 0.1) is 19.7 Å². The van der Waals surface area contributed by atoms with Crippen LogP contribution >= 0.6 is 0 Å². The molecule has 3 aromatic rings. The highest BCUT2D eigenvalue weighted by Gasteiger charge is 2.47. The lowest BCUT2D eigenvalue weighted by atomic mass is 9.67. The molecule has 1 aliphatic rings. The first-order chi connectivity index (χ1) is 14.3. The third-order valence-electron chi connectivity index (χ3n) is 6.89. The quantitative estimate of drug-likeness (QED) is 0.467. The molecule has 0 bridgehead atoms. The average Bonchev–Trinajstić information content (AvgIpc) is 3.04. The summed E-state index contributed by atoms with van der Waals surface area (Å²) in [5, 5.41) is 1.03. The van der Waals surface area contributed by atoms with E-state index in [4.69, 9.17) is 9.47 Å². The van der Waals surface area contributed by atoms with Gasteiger partial charge >= 0.3 is 5.97 Å². The van der Waals surface area contributed by atoms with Crippen LogP contribution in [-0.2, 0) is 14.9 Å². The van der Waals surface area contributed by atoms with E-state index in [1.54, 1.807) is 11.7 Å². The number of methoxy groups -OCH3 is 2. The molecule has 156 valence electrons. The van der Waals surface area contributed by atoms with Gasteiger partial charge in [0.1, 0.15) is 11.7 Å². The van der Waals surface area contributed by atoms with Crippen molar-refractivity contribution in [3.63, 3.8) is 0 Å². The summed E-state index contributed by atoms with van der Waals surface area (Å²) in [7, 11) is 2.99. The molecule has 0 saturated carbocycles. The summed E-state index contributed by atoms with van der Waals surface area (Å²) < 4.78 is 12.1. The van der Waals surface area contributed by atoms with E-state index in [0.717, 1.165) is 33.5 Å². The molecule has 1 aromatic heterocycles. The van der Waals surface area contributed by atoms with E-state index < -0.39 is 17.3 Å². The Morgan fingerprint density at radius 3 is 2.40 bits per heavy atom. The van der Waals surface area contributed by atoms with Crippen LogP contribution in [0.4, 0.5) is 0 Å². The normalized spacial score (nSPS) is 23.7. The van der Waals surface area contributed by atoms with Gasteiger partial charge in [-0.3, -0.25) is 14.2 Å². The number of aryl methyl sites for hydroxylation is 1. The molecular formula is C25H27NO4. The molecule has 0 radical (unpaired) electrons. The van der Waals surface area contributed by atoms with E-state index in [9.17, 15) is 9.59 Å². The lowest BCUT2D eigenvalue weighted by molar-refractivity contribution is -0.144. The first kappa shape index (κ1) is 20.2. The fourth-order valence-electron chi connectivity index (χ4n) is 5.03. The second kappa shape index (κ2) is 7.31. The van der Waals surface area contributed by atoms with Crippen molar-refractivity contribution < 1.29 is 19.1 Å². The van der Waals surface area contributed by atoms with Gasteiger partial charge in [0.2, 0.25) is 5.91 Å². The maximum absolute atomic E-state index is 13.7. The zero-order valence-corrected chi connectivity index (χ0v) is 18.1. The Morgan fingerprint density at radius 1 is 1.10 bits per heavy atom. The van der Waals surface area contributed by atoms with Crippen LogP contribution in [0.2, 0.25) is 0 Å². The van der Waals surface area contributed by atoms with Gasteiger partial charge in [-0.2, -0.15) is 0 Å². The van der Waals surface area contributed by atoms with Crippen LogP contribution in [0.15, 0.2) is 48.5 Å². The molecule has 0 amide bonds. The number of carbonyl (C=O) groups is 2. The minimum absolute atomic E-state index is 0.0169. The van der Waals surface area contributed by atoms with Gasteiger partial charge < -0.3 is 9.47 Å². The smallest absolute Gasteiger partial charge is 0.318 e. The summed E-state index contributed by atoms with van der Waals surface area (Å²) in [6.45, 7) is 6.35. The highest BCUT2D eigenvalue weighted by atomic mass is 16.5. The van der Waals surface area contributed by atoms with Crippen molar-refractivity contribution in [3.8, 4) is 5.75 Å². The van der Waals surface area contributed by atoms with E-state index in [2.05, 4.69) is 32.9 Å². The van der Waals surface area contributed by atoms with E-state index in [-0.39, 0.29) is 11.8 Å². The van der Waals surface area contributed by atoms with Gasteiger partial charge in [-0.15, -0.1) is 0 Å². The average molecular weight is 405 g/mol. The third-order valence-corrected chi connectivity index (χ3v) is 6.89. The van der Waals surface area contributed by atoms with Crippen LogP contribution in [0.3, 0.4) is 0 Å². The number of para-hydroxylation sites is 1. The van der Waals surface area contributed by atoms with Gasteiger partial charge in [-0.05, 0) is 55.5 Å². The zero-order valence-electron chi connectivity index (χ0n) is 18.1. The number of hydrogen-bond acceptors (Lipinski definition) is 4. The van der Waals surface area contributed by atoms with Crippen LogP contribution in [0.25, 0.3) is 10.9 Å². The predicted molar refractivity (Wildman–Crippen MR) is 116 cm³/mol. The van der Waals surface area contributed by atoms with Crippen molar-refractivity contribution in [1.29, 1.82) is 0 Å². The van der Waals surface area contributed by atoms with Crippen LogP contribution < -0.4 is 4.74 Å². The number of nitrogens with zero attached hydrogens (tertiary/aromatic N) is 1. The maximum Gasteiger partial charge on any atom is 0.318 e. The third kappa shape index (κ3) is 2.76. The highest BCUT2D eigenvalue weighted by molar-refractivity contribution is 6.05. The molecule has 30 heavy (non-hydrogen) atoms. The van der Waals surface area contributed by atoms with E-state index in [1.165, 1.54) is 7.11 Å². The van der Waals surface area contributed by atoms with Crippen molar-refractivity contribution in [2.24, 2.45) is 11.8 Å². The molecule has 1 aliphatic heterocycles. The number of ether oxygens (including phenoxy) is 2. The molecular weight excluding hydrogens is 378 g/mol. The van der Waals surface area contributed by atoms with Gasteiger partial charge in [0, 0.05) is 16.5 Å². The monoisotopic (exact) mass is 405 g/mol. The van der Waals surface area contributed by atoms with Gasteiger partial charge in [0.15, 0.2) is 0 Å². The molecule has 0 aliphatic carbocycles. The fraction of sp³-hybridized carbons (Fsp3) is 0.360. The Balaban J connectivity index is 2.06. The van der Waals surface area contributed by atoms with Crippen LogP contribution in [0.1, 0.15) is 41.9 Å². The van der Waals surface area contributed by atoms with Crippen molar-refractivity contribution in [2.45, 2.75) is 32.6 Å². The SMILES string of the molecule is COC(=O)[C@H]1C[C@H](C)[C@@](C)(c2ccc(OC)cc2)c2c(C)c3ccccc3n2C1=O. The summed E-state index contributed by atoms with van der Waals surface area (Å²) in [6.07, 6.45) is 0.420. The molecule has 5 nitrogen and oxygen atoms in total. The summed E-state index contributed by atoms with van der Waals surface area (Å²) in [5.74, 6) is -0.732. The van der Waals surface area contributed by atoms with Crippen molar-refractivity contribution >= 4 is 22.8 Å². The van der Waals surface area contributed by atoms with E-state index >= 15 is 0 Å². The van der Waals surface area contributed by atoms with Crippen molar-refractivity contribution in [1.82, 2.24) is 4.57 Å². The summed E-state index contributed by atoms with van der Waals surface area (Å²) in [5.41, 5.74) is 3.44. The Labute approximate surface area is 176 Å². The standard InChI is InChI=1S/C25H27NO4/c1-15-14-20(24(28)30-5)23(27)26-21-9-7-6-8-19(21)16(2)22(26)25(15,3)17-10-12-18(29-4)13-11-17/h6-13,15,20H,14H2,1-5H3/t15-,20-,25-/m0/s1. The molecule has 0 unspecified atom stereocenters. The minimum atomic E-state index is -0.834. The second-order valence-electron chi connectivity index (χ2n) is 8.31. The lowest BCUT2D eigenvalue weighted by Crippen LogP contribution is -2.33. The zero-order chi connectivity index (χ0) is 21.6. The van der Waals surface area contributed by atoms with Crippen LogP contribution in [0.5, 0.6) is 5.75 Å². The summed E-state index contributed by atoms with van der Waals surface area (Å²) >= 11 is 0. The van der Waals surface area contributed by atoms with Crippen molar-refractivity contribution in [2.75, 3.05) is 14.2 Å². The molecule has 2 aromatic carbocycles. The molecule has 0 spiro atoms. The number of esters is 1. The highest BCUT2D eigenvalue weighted by Crippen LogP contribution is 2.48. The molecule has 0 saturated heterocycles. The number of benzene rings is 2. The molecule has 0 fully saturated rings. The maximum atomic E-state index is 13.7. The minimum Gasteiger partial charge on any atom is -0.497 e. The molecule has 2 heterocycles. The number of fused-ring (bicyclic) bond motifs is 3. The topological polar surface area (TPSA) is 57.5 Å². The van der Waals surface area contributed by atoms with Gasteiger partial charge in [-0.25, -0.2) is 0 Å². The van der Waals surface area contributed by atoms with Crippen molar-refractivity contribution in [3.05, 3.63) is 65.4 Å². The van der Waals surface area contributed by atoms with E-state index in [0.29, 0.717) is 6.42 Å². The molecule has 3 atom stereocenters. The Bertz CT molecular complexity index is 1130. The first-order valence-electron chi connectivity index (χ1n) is 10.2. The fourth-order valence-corrected chi connectivity index (χ4v) is 5.03.